The first-order valence-electron chi connectivity index (χ1n) is 35.6. The van der Waals surface area contributed by atoms with Crippen LogP contribution in [0, 0.1) is 11.8 Å². The molecule has 0 aliphatic carbocycles. The molecule has 39 heteroatoms. The minimum Gasteiger partial charge on any atom is -0.394 e. The first kappa shape index (κ1) is 95.1. The number of aliphatic hydroxyl groups is 9. The Hall–Kier alpha value is -4.07. The molecular weight excluding hydrogens is 1520 g/mol. The molecular formula is C66H117IN6O32. The molecule has 0 unspecified atom stereocenters. The Morgan fingerprint density at radius 1 is 0.400 bits per heavy atom. The van der Waals surface area contributed by atoms with Gasteiger partial charge in [-0.25, -0.2) is 0 Å². The highest BCUT2D eigenvalue weighted by Gasteiger charge is 2.48. The molecule has 0 aromatic heterocycles. The topological polar surface area (TPSA) is 529 Å². The molecule has 3 aliphatic rings. The molecule has 105 heavy (non-hydrogen) atoms. The van der Waals surface area contributed by atoms with Gasteiger partial charge in [0.25, 0.3) is 0 Å². The average Bonchev–Trinajstić information content (AvgIpc) is 0.822. The second-order valence-corrected chi connectivity index (χ2v) is 27.0. The Bertz CT molecular complexity index is 2440. The van der Waals surface area contributed by atoms with Crippen molar-refractivity contribution in [1.29, 1.82) is 0 Å². The molecule has 19 atom stereocenters. The van der Waals surface area contributed by atoms with Gasteiger partial charge in [-0.1, -0.05) is 35.9 Å². The predicted octanol–water partition coefficient (Wildman–Crippen LogP) is -5.93. The summed E-state index contributed by atoms with van der Waals surface area (Å²) in [6, 6.07) is -4.15. The fourth-order valence-corrected chi connectivity index (χ4v) is 11.6. The molecule has 3 aliphatic heterocycles. The molecule has 0 spiro atoms. The molecule has 610 valence electrons. The first-order chi connectivity index (χ1) is 50.3. The Morgan fingerprint density at radius 3 is 1.02 bits per heavy atom. The van der Waals surface area contributed by atoms with Crippen LogP contribution in [0.25, 0.3) is 0 Å². The fourth-order valence-electron chi connectivity index (χ4n) is 11.1. The smallest absolute Gasteiger partial charge is 0.246 e. The maximum Gasteiger partial charge on any atom is 0.246 e. The lowest BCUT2D eigenvalue weighted by Crippen LogP contribution is -2.64. The van der Waals surface area contributed by atoms with Crippen molar-refractivity contribution in [3.8, 4) is 0 Å². The number of alkyl halides is 1. The minimum atomic E-state index is -1.46. The third kappa shape index (κ3) is 38.9. The van der Waals surface area contributed by atoms with Gasteiger partial charge in [0.1, 0.15) is 98.7 Å². The van der Waals surface area contributed by atoms with Crippen LogP contribution in [0.4, 0.5) is 0 Å². The summed E-state index contributed by atoms with van der Waals surface area (Å²) in [6.07, 6.45) is -12.2. The number of hydrogen-bond acceptors (Lipinski definition) is 32. The van der Waals surface area contributed by atoms with Crippen LogP contribution in [0.2, 0.25) is 0 Å². The molecule has 0 radical (unpaired) electrons. The van der Waals surface area contributed by atoms with E-state index in [1.807, 2.05) is 13.8 Å². The summed E-state index contributed by atoms with van der Waals surface area (Å²) >= 11 is 2.08. The number of rotatable bonds is 60. The monoisotopic (exact) mass is 1630 g/mol. The number of ether oxygens (including phenoxy) is 15. The number of halogens is 1. The Morgan fingerprint density at radius 2 is 0.705 bits per heavy atom. The highest BCUT2D eigenvalue weighted by molar-refractivity contribution is 14.1. The summed E-state index contributed by atoms with van der Waals surface area (Å²) in [5.74, 6) is -3.50. The Kier molecular flexibility index (Phi) is 50.9. The van der Waals surface area contributed by atoms with Crippen LogP contribution in [0.3, 0.4) is 0 Å². The van der Waals surface area contributed by atoms with E-state index >= 15 is 0 Å². The normalized spacial score (nSPS) is 25.8. The average molecular weight is 1630 g/mol. The zero-order valence-corrected chi connectivity index (χ0v) is 63.0. The van der Waals surface area contributed by atoms with E-state index in [1.54, 1.807) is 0 Å². The van der Waals surface area contributed by atoms with Crippen molar-refractivity contribution >= 4 is 69.6 Å². The van der Waals surface area contributed by atoms with Gasteiger partial charge in [-0.15, -0.1) is 0 Å². The second kappa shape index (κ2) is 56.2. The van der Waals surface area contributed by atoms with Gasteiger partial charge in [-0.2, -0.15) is 0 Å². The van der Waals surface area contributed by atoms with Crippen LogP contribution in [0.15, 0.2) is 0 Å². The van der Waals surface area contributed by atoms with Gasteiger partial charge in [0.05, 0.1) is 149 Å². The largest absolute Gasteiger partial charge is 0.394 e. The van der Waals surface area contributed by atoms with Gasteiger partial charge in [-0.3, -0.25) is 38.4 Å². The molecule has 0 aromatic carbocycles. The number of carbonyl (C=O) groups excluding carboxylic acids is 8. The van der Waals surface area contributed by atoms with Crippen molar-refractivity contribution in [2.45, 2.75) is 188 Å². The SMILES string of the molecule is CC(=O)N[C@H]1[C@H](OCCOCCOCCOCC(=O)NCCCC[C@H](NC(=O)COCCOCCOCCO[C@@H]2O[C@H](CO)[C@H](O)[C@H](O)[C@H]2NC(C)=O)C(=O)CC[C@@H](C)[C@H](CCCCNC(=O)COCCOCCOCCO[C@@H]2O[C@H](CO)[C@H](O)[C@H](O)[C@H]2NC(C)=O)C(=O)[C@H](C)I)O[C@H](CO)[C@H](O)[C@@H]1O. The molecule has 0 bridgehead atoms. The number of unbranched alkanes of at least 4 members (excludes halogenated alkanes) is 2. The standard InChI is InChI=1S/C66H117IN6O32/c1-40(45(57(84)41(2)67)10-6-8-14-68-51(81)37-97-25-22-91-16-19-94-28-31-100-64-54(70-42(3)77)61(88)58(85)48(34-74)103-64)12-13-47(80)46(73-53(83)39-99-27-24-93-18-21-96-30-33-102-66-56(72-44(5)79)63(90)60(87)50(36-76)105-66)11-7-9-15-69-52(82)38-98-26-23-92-17-20-95-29-32-101-65-55(71-43(4)78)62(89)59(86)49(35-75)104-65/h40-41,45-46,48-50,54-56,58-66,74-76,85-90H,6-39H2,1-5H3,(H,68,81)(H,69,82)(H,70,77)(H,71,78)(H,72,79)(H,73,83)/t40-,41+,45+,46+,48-,49-,50-,54-,55-,56-,58+,59+,60+,61-,62-,63-,64-,65-,66-/m1/s1. The molecule has 0 aromatic rings. The zero-order chi connectivity index (χ0) is 77.5. The summed E-state index contributed by atoms with van der Waals surface area (Å²) in [6.45, 7) is 7.48. The first-order valence-corrected chi connectivity index (χ1v) is 36.9. The molecule has 38 nitrogen and oxygen atoms in total. The van der Waals surface area contributed by atoms with E-state index in [4.69, 9.17) is 71.1 Å². The number of amides is 6. The van der Waals surface area contributed by atoms with E-state index < -0.39 is 141 Å². The van der Waals surface area contributed by atoms with Crippen molar-refractivity contribution in [3.63, 3.8) is 0 Å². The lowest BCUT2D eigenvalue weighted by atomic mass is 9.81. The minimum absolute atomic E-state index is 0.00491. The lowest BCUT2D eigenvalue weighted by molar-refractivity contribution is -0.272. The highest BCUT2D eigenvalue weighted by atomic mass is 127. The summed E-state index contributed by atoms with van der Waals surface area (Å²) in [7, 11) is 0. The number of nitrogens with one attached hydrogen (secondary N) is 6. The van der Waals surface area contributed by atoms with Gasteiger partial charge in [-0.05, 0) is 51.4 Å². The van der Waals surface area contributed by atoms with Gasteiger partial charge in [0.2, 0.25) is 35.4 Å². The third-order valence-electron chi connectivity index (χ3n) is 16.7. The Balaban J connectivity index is 1.38. The highest BCUT2D eigenvalue weighted by Crippen LogP contribution is 2.29. The summed E-state index contributed by atoms with van der Waals surface area (Å²) in [4.78, 5) is 101. The van der Waals surface area contributed by atoms with Crippen LogP contribution >= 0.6 is 22.6 Å². The summed E-state index contributed by atoms with van der Waals surface area (Å²) in [5.41, 5.74) is 0. The van der Waals surface area contributed by atoms with E-state index in [1.165, 1.54) is 20.8 Å². The van der Waals surface area contributed by atoms with Gasteiger partial charge < -0.3 is 149 Å². The fraction of sp³-hybridized carbons (Fsp3) is 0.879. The maximum atomic E-state index is 14.0. The van der Waals surface area contributed by atoms with E-state index in [9.17, 15) is 84.3 Å². The van der Waals surface area contributed by atoms with E-state index in [2.05, 4.69) is 54.5 Å². The third-order valence-corrected chi connectivity index (χ3v) is 17.3. The van der Waals surface area contributed by atoms with Gasteiger partial charge >= 0.3 is 0 Å². The van der Waals surface area contributed by atoms with Crippen molar-refractivity contribution in [3.05, 3.63) is 0 Å². The molecule has 3 heterocycles. The van der Waals surface area contributed by atoms with Crippen molar-refractivity contribution < 1.29 is 155 Å². The Labute approximate surface area is 625 Å². The van der Waals surface area contributed by atoms with E-state index in [-0.39, 0.29) is 197 Å². The molecule has 3 fully saturated rings. The van der Waals surface area contributed by atoms with Crippen LogP contribution in [-0.4, -0.2) is 367 Å². The van der Waals surface area contributed by atoms with Crippen molar-refractivity contribution in [1.82, 2.24) is 31.9 Å². The number of aliphatic hydroxyl groups excluding tert-OH is 9. The van der Waals surface area contributed by atoms with Gasteiger partial charge in [0.15, 0.2) is 24.7 Å². The van der Waals surface area contributed by atoms with Crippen molar-refractivity contribution in [2.75, 3.05) is 172 Å². The van der Waals surface area contributed by atoms with Crippen molar-refractivity contribution in [2.24, 2.45) is 11.8 Å². The van der Waals surface area contributed by atoms with Crippen LogP contribution in [0.5, 0.6) is 0 Å². The lowest BCUT2D eigenvalue weighted by Gasteiger charge is -2.42. The molecule has 6 amide bonds. The predicted molar refractivity (Wildman–Crippen MR) is 372 cm³/mol. The maximum absolute atomic E-state index is 14.0. The molecule has 15 N–H and O–H groups in total. The van der Waals surface area contributed by atoms with Crippen LogP contribution in [-0.2, 0) is 109 Å². The second-order valence-electron chi connectivity index (χ2n) is 25.2. The number of Topliss-reactive ketones (excluding diaryl/α,β-unsaturated/α-hetero) is 2. The van der Waals surface area contributed by atoms with E-state index in [0.717, 1.165) is 0 Å². The number of carbonyl (C=O) groups is 8. The number of ketones is 2. The molecule has 3 saturated heterocycles. The summed E-state index contributed by atoms with van der Waals surface area (Å²) in [5, 5.41) is 106. The van der Waals surface area contributed by atoms with Gasteiger partial charge in [0, 0.05) is 46.2 Å². The van der Waals surface area contributed by atoms with Crippen LogP contribution in [0.1, 0.15) is 86.0 Å². The summed E-state index contributed by atoms with van der Waals surface area (Å²) < 4.78 is 82.6. The zero-order valence-electron chi connectivity index (χ0n) is 60.8. The molecule has 3 rings (SSSR count). The molecule has 0 saturated carbocycles. The number of hydrogen-bond donors (Lipinski definition) is 15. The van der Waals surface area contributed by atoms with Crippen LogP contribution < -0.4 is 31.9 Å². The van der Waals surface area contributed by atoms with E-state index in [0.29, 0.717) is 45.1 Å². The quantitative estimate of drug-likeness (QED) is 0.0153.